The summed E-state index contributed by atoms with van der Waals surface area (Å²) in [5.74, 6) is 0.217. The Bertz CT molecular complexity index is 635. The molecule has 130 valence electrons. The smallest absolute Gasteiger partial charge is 0.242 e. The summed E-state index contributed by atoms with van der Waals surface area (Å²) >= 11 is 0. The van der Waals surface area contributed by atoms with Crippen LogP contribution in [0.3, 0.4) is 0 Å². The Morgan fingerprint density at radius 3 is 2.42 bits per heavy atom. The van der Waals surface area contributed by atoms with Crippen LogP contribution in [-0.4, -0.2) is 24.9 Å². The lowest BCUT2D eigenvalue weighted by atomic mass is 9.70. The summed E-state index contributed by atoms with van der Waals surface area (Å²) in [7, 11) is 1.57. The van der Waals surface area contributed by atoms with Gasteiger partial charge in [0.05, 0.1) is 12.8 Å². The van der Waals surface area contributed by atoms with Crippen molar-refractivity contribution in [1.82, 2.24) is 10.6 Å². The van der Waals surface area contributed by atoms with Crippen molar-refractivity contribution in [3.8, 4) is 5.75 Å². The normalized spacial score (nSPS) is 21.8. The molecule has 0 aromatic heterocycles. The molecule has 6 nitrogen and oxygen atoms in total. The fourth-order valence-corrected chi connectivity index (χ4v) is 3.23. The van der Waals surface area contributed by atoms with Gasteiger partial charge in [0.25, 0.3) is 0 Å². The van der Waals surface area contributed by atoms with Crippen molar-refractivity contribution in [2.75, 3.05) is 7.11 Å². The van der Waals surface area contributed by atoms with Crippen molar-refractivity contribution in [2.45, 2.75) is 40.0 Å². The molecule has 0 radical (unpaired) electrons. The minimum absolute atomic E-state index is 0.0362. The third-order valence-electron chi connectivity index (χ3n) is 4.69. The number of methoxy groups -OCH3 is 1. The average molecular weight is 331 g/mol. The number of carbonyl (C=O) groups excluding carboxylic acids is 2. The van der Waals surface area contributed by atoms with E-state index in [1.165, 1.54) is 0 Å². The number of nitrogens with zero attached hydrogens (tertiary/aromatic N) is 1. The van der Waals surface area contributed by atoms with Gasteiger partial charge in [0.15, 0.2) is 0 Å². The molecule has 2 amide bonds. The summed E-state index contributed by atoms with van der Waals surface area (Å²) in [6.45, 7) is 5.88. The van der Waals surface area contributed by atoms with E-state index in [9.17, 15) is 9.59 Å². The fourth-order valence-electron chi connectivity index (χ4n) is 3.23. The molecule has 1 atom stereocenters. The molecule has 0 saturated carbocycles. The highest BCUT2D eigenvalue weighted by Gasteiger charge is 2.51. The second-order valence-electron chi connectivity index (χ2n) is 6.08. The molecule has 0 spiro atoms. The molecule has 24 heavy (non-hydrogen) atoms. The van der Waals surface area contributed by atoms with Gasteiger partial charge in [-0.2, -0.15) is 0 Å². The van der Waals surface area contributed by atoms with Gasteiger partial charge in [0, 0.05) is 6.07 Å². The van der Waals surface area contributed by atoms with Crippen LogP contribution in [0, 0.1) is 11.3 Å². The van der Waals surface area contributed by atoms with Gasteiger partial charge in [0.1, 0.15) is 11.2 Å². The maximum absolute atomic E-state index is 12.7. The van der Waals surface area contributed by atoms with Gasteiger partial charge in [-0.05, 0) is 30.9 Å². The van der Waals surface area contributed by atoms with Gasteiger partial charge in [-0.25, -0.2) is 4.99 Å². The second kappa shape index (κ2) is 7.47. The summed E-state index contributed by atoms with van der Waals surface area (Å²) in [6.07, 6.45) is 2.20. The van der Waals surface area contributed by atoms with Crippen LogP contribution in [0.5, 0.6) is 5.75 Å². The van der Waals surface area contributed by atoms with Gasteiger partial charge in [-0.1, -0.05) is 33.3 Å². The number of nitrogens with one attached hydrogen (secondary N) is 2. The van der Waals surface area contributed by atoms with E-state index in [4.69, 9.17) is 4.74 Å². The van der Waals surface area contributed by atoms with Crippen molar-refractivity contribution in [3.63, 3.8) is 0 Å². The standard InChI is InChI=1S/C18H25N3O3/c1-5-8-12(3)18(6-2)15(22)20-17(21-16(18)23)19-13-9-7-10-14(11-13)24-4/h7,9-12H,5-6,8H2,1-4H3,(H2,19,20,21,22,23)/t12-/m0/s1. The summed E-state index contributed by atoms with van der Waals surface area (Å²) < 4.78 is 5.15. The van der Waals surface area contributed by atoms with Crippen molar-refractivity contribution in [2.24, 2.45) is 16.3 Å². The maximum atomic E-state index is 12.7. The molecule has 2 rings (SSSR count). The first kappa shape index (κ1) is 18.0. The van der Waals surface area contributed by atoms with E-state index in [0.717, 1.165) is 12.8 Å². The fraction of sp³-hybridized carbons (Fsp3) is 0.500. The van der Waals surface area contributed by atoms with Crippen LogP contribution in [0.25, 0.3) is 0 Å². The van der Waals surface area contributed by atoms with Gasteiger partial charge >= 0.3 is 0 Å². The quantitative estimate of drug-likeness (QED) is 0.787. The minimum Gasteiger partial charge on any atom is -0.497 e. The highest BCUT2D eigenvalue weighted by atomic mass is 16.5. The molecule has 2 N–H and O–H groups in total. The lowest BCUT2D eigenvalue weighted by Gasteiger charge is -2.38. The number of amides is 2. The van der Waals surface area contributed by atoms with E-state index in [1.807, 2.05) is 20.8 Å². The number of guanidine groups is 1. The molecular weight excluding hydrogens is 306 g/mol. The van der Waals surface area contributed by atoms with E-state index >= 15 is 0 Å². The average Bonchev–Trinajstić information content (AvgIpc) is 2.55. The molecule has 0 aliphatic carbocycles. The van der Waals surface area contributed by atoms with Crippen LogP contribution in [0.2, 0.25) is 0 Å². The summed E-state index contributed by atoms with van der Waals surface area (Å²) in [6, 6.07) is 7.10. The molecule has 1 aromatic rings. The Hall–Kier alpha value is -2.37. The highest BCUT2D eigenvalue weighted by Crippen LogP contribution is 2.36. The zero-order chi connectivity index (χ0) is 17.7. The lowest BCUT2D eigenvalue weighted by molar-refractivity contribution is -0.147. The largest absolute Gasteiger partial charge is 0.497 e. The lowest BCUT2D eigenvalue weighted by Crippen LogP contribution is -2.64. The SMILES string of the molecule is CCC[C@H](C)C1(CC)C(=O)NC(=Nc2cccc(OC)c2)NC1=O. The van der Waals surface area contributed by atoms with Crippen molar-refractivity contribution in [1.29, 1.82) is 0 Å². The number of aliphatic imine (C=N–C) groups is 1. The van der Waals surface area contributed by atoms with E-state index in [1.54, 1.807) is 31.4 Å². The predicted molar refractivity (Wildman–Crippen MR) is 93.2 cm³/mol. The monoisotopic (exact) mass is 331 g/mol. The van der Waals surface area contributed by atoms with E-state index < -0.39 is 5.41 Å². The summed E-state index contributed by atoms with van der Waals surface area (Å²) in [5.41, 5.74) is -0.445. The number of hydrogen-bond acceptors (Lipinski definition) is 4. The van der Waals surface area contributed by atoms with Crippen LogP contribution < -0.4 is 15.4 Å². The molecule has 1 heterocycles. The highest BCUT2D eigenvalue weighted by molar-refractivity contribution is 6.20. The summed E-state index contributed by atoms with van der Waals surface area (Å²) in [5, 5.41) is 5.50. The van der Waals surface area contributed by atoms with E-state index in [0.29, 0.717) is 17.9 Å². The zero-order valence-electron chi connectivity index (χ0n) is 14.7. The number of benzene rings is 1. The Labute approximate surface area is 142 Å². The topological polar surface area (TPSA) is 79.8 Å². The maximum Gasteiger partial charge on any atom is 0.242 e. The Morgan fingerprint density at radius 1 is 1.21 bits per heavy atom. The van der Waals surface area contributed by atoms with Crippen LogP contribution in [0.15, 0.2) is 29.3 Å². The number of carbonyl (C=O) groups is 2. The number of ether oxygens (including phenoxy) is 1. The molecule has 1 aromatic carbocycles. The zero-order valence-corrected chi connectivity index (χ0v) is 14.7. The molecule has 0 bridgehead atoms. The Kier molecular flexibility index (Phi) is 5.59. The Morgan fingerprint density at radius 2 is 1.88 bits per heavy atom. The number of hydrogen-bond donors (Lipinski definition) is 2. The van der Waals surface area contributed by atoms with Gasteiger partial charge in [-0.3, -0.25) is 20.2 Å². The Balaban J connectivity index is 2.27. The summed E-state index contributed by atoms with van der Waals surface area (Å²) in [4.78, 5) is 29.7. The first-order valence-electron chi connectivity index (χ1n) is 8.33. The third kappa shape index (κ3) is 3.27. The van der Waals surface area contributed by atoms with Crippen molar-refractivity contribution >= 4 is 23.5 Å². The van der Waals surface area contributed by atoms with E-state index in [2.05, 4.69) is 15.6 Å². The molecule has 0 unspecified atom stereocenters. The molecular formula is C18H25N3O3. The first-order chi connectivity index (χ1) is 11.5. The van der Waals surface area contributed by atoms with Crippen molar-refractivity contribution in [3.05, 3.63) is 24.3 Å². The predicted octanol–water partition coefficient (Wildman–Crippen LogP) is 2.76. The second-order valence-corrected chi connectivity index (χ2v) is 6.08. The molecule has 6 heteroatoms. The van der Waals surface area contributed by atoms with Gasteiger partial charge in [0.2, 0.25) is 17.8 Å². The molecule has 1 aliphatic rings. The number of rotatable bonds is 6. The van der Waals surface area contributed by atoms with Crippen LogP contribution >= 0.6 is 0 Å². The van der Waals surface area contributed by atoms with Crippen LogP contribution in [-0.2, 0) is 9.59 Å². The third-order valence-corrected chi connectivity index (χ3v) is 4.69. The van der Waals surface area contributed by atoms with Gasteiger partial charge in [-0.15, -0.1) is 0 Å². The van der Waals surface area contributed by atoms with Gasteiger partial charge < -0.3 is 4.74 Å². The molecule has 1 aliphatic heterocycles. The molecule has 1 fully saturated rings. The molecule has 1 saturated heterocycles. The minimum atomic E-state index is -1.04. The van der Waals surface area contributed by atoms with Crippen LogP contribution in [0.4, 0.5) is 5.69 Å². The first-order valence-corrected chi connectivity index (χ1v) is 8.33. The van der Waals surface area contributed by atoms with Crippen molar-refractivity contribution < 1.29 is 14.3 Å². The van der Waals surface area contributed by atoms with Crippen LogP contribution in [0.1, 0.15) is 40.0 Å². The van der Waals surface area contributed by atoms with E-state index in [-0.39, 0.29) is 23.7 Å².